The van der Waals surface area contributed by atoms with Crippen molar-refractivity contribution in [2.45, 2.75) is 29.5 Å². The van der Waals surface area contributed by atoms with Crippen LogP contribution in [0, 0.1) is 22.7 Å². The van der Waals surface area contributed by atoms with Crippen molar-refractivity contribution in [1.82, 2.24) is 9.97 Å². The van der Waals surface area contributed by atoms with Gasteiger partial charge in [0.2, 0.25) is 5.89 Å². The molecular formula is C22H18ClN5O2S. The van der Waals surface area contributed by atoms with Crippen LogP contribution in [-0.2, 0) is 10.5 Å². The van der Waals surface area contributed by atoms with Crippen LogP contribution in [0.15, 0.2) is 40.0 Å². The number of rotatable bonds is 5. The molecule has 156 valence electrons. The maximum absolute atomic E-state index is 9.87. The molecule has 0 amide bonds. The second-order valence-electron chi connectivity index (χ2n) is 7.04. The van der Waals surface area contributed by atoms with Crippen LogP contribution in [0.3, 0.4) is 0 Å². The van der Waals surface area contributed by atoms with E-state index in [1.165, 1.54) is 11.8 Å². The lowest BCUT2D eigenvalue weighted by atomic mass is 9.88. The number of oxazole rings is 1. The molecule has 4 rings (SSSR count). The number of halogens is 1. The second-order valence-corrected chi connectivity index (χ2v) is 8.44. The first-order chi connectivity index (χ1) is 15.1. The minimum Gasteiger partial charge on any atom is -0.444 e. The number of nitrogens with zero attached hydrogens (tertiary/aromatic N) is 4. The van der Waals surface area contributed by atoms with E-state index in [1.54, 1.807) is 18.4 Å². The molecule has 2 aromatic heterocycles. The largest absolute Gasteiger partial charge is 0.444 e. The van der Waals surface area contributed by atoms with Crippen LogP contribution in [0.25, 0.3) is 11.5 Å². The summed E-state index contributed by atoms with van der Waals surface area (Å²) in [5.41, 5.74) is 8.89. The first-order valence-corrected chi connectivity index (χ1v) is 11.0. The molecule has 9 heteroatoms. The maximum Gasteiger partial charge on any atom is 0.226 e. The zero-order chi connectivity index (χ0) is 21.8. The third-order valence-corrected chi connectivity index (χ3v) is 6.28. The molecular weight excluding hydrogens is 434 g/mol. The third-order valence-electron chi connectivity index (χ3n) is 5.02. The van der Waals surface area contributed by atoms with Gasteiger partial charge in [0.15, 0.2) is 0 Å². The number of benzene rings is 1. The van der Waals surface area contributed by atoms with Gasteiger partial charge >= 0.3 is 0 Å². The van der Waals surface area contributed by atoms with E-state index < -0.39 is 0 Å². The molecule has 1 unspecified atom stereocenters. The van der Waals surface area contributed by atoms with Crippen LogP contribution in [0.4, 0.5) is 5.82 Å². The van der Waals surface area contributed by atoms with Crippen LogP contribution in [0.5, 0.6) is 0 Å². The van der Waals surface area contributed by atoms with Gasteiger partial charge in [0.25, 0.3) is 0 Å². The van der Waals surface area contributed by atoms with Crippen LogP contribution in [0.1, 0.15) is 41.1 Å². The van der Waals surface area contributed by atoms with Gasteiger partial charge in [-0.3, -0.25) is 0 Å². The third kappa shape index (κ3) is 4.52. The van der Waals surface area contributed by atoms with Gasteiger partial charge < -0.3 is 14.9 Å². The molecule has 31 heavy (non-hydrogen) atoms. The summed E-state index contributed by atoms with van der Waals surface area (Å²) in [6.07, 6.45) is 3.29. The average Bonchev–Trinajstić information content (AvgIpc) is 3.27. The van der Waals surface area contributed by atoms with Crippen molar-refractivity contribution in [3.63, 3.8) is 0 Å². The molecule has 1 saturated heterocycles. The Balaban J connectivity index is 1.60. The normalized spacial score (nSPS) is 15.9. The summed E-state index contributed by atoms with van der Waals surface area (Å²) in [5, 5.41) is 20.6. The van der Waals surface area contributed by atoms with Crippen molar-refractivity contribution >= 4 is 29.2 Å². The number of nitrogens with two attached hydrogens (primary N) is 1. The number of nitrogen functional groups attached to an aromatic ring is 1. The molecule has 7 nitrogen and oxygen atoms in total. The number of ether oxygens (including phenoxy) is 1. The van der Waals surface area contributed by atoms with Gasteiger partial charge in [-0.05, 0) is 42.7 Å². The molecule has 2 N–H and O–H groups in total. The number of hydrogen-bond donors (Lipinski definition) is 1. The zero-order valence-corrected chi connectivity index (χ0v) is 18.0. The summed E-state index contributed by atoms with van der Waals surface area (Å²) in [5.74, 6) is 1.00. The predicted molar refractivity (Wildman–Crippen MR) is 117 cm³/mol. The Morgan fingerprint density at radius 1 is 1.16 bits per heavy atom. The number of hydrogen-bond acceptors (Lipinski definition) is 8. The van der Waals surface area contributed by atoms with Crippen LogP contribution < -0.4 is 5.73 Å². The van der Waals surface area contributed by atoms with Crippen LogP contribution >= 0.6 is 23.4 Å². The molecule has 1 aliphatic rings. The molecule has 1 aromatic carbocycles. The van der Waals surface area contributed by atoms with Crippen molar-refractivity contribution in [3.8, 4) is 23.6 Å². The van der Waals surface area contributed by atoms with E-state index in [-0.39, 0.29) is 17.3 Å². The Kier molecular flexibility index (Phi) is 6.43. The zero-order valence-electron chi connectivity index (χ0n) is 16.5. The van der Waals surface area contributed by atoms with Gasteiger partial charge in [-0.1, -0.05) is 23.4 Å². The van der Waals surface area contributed by atoms with E-state index in [0.717, 1.165) is 18.4 Å². The maximum atomic E-state index is 9.87. The summed E-state index contributed by atoms with van der Waals surface area (Å²) < 4.78 is 11.2. The fraction of sp³-hybridized carbons (Fsp3) is 0.273. The minimum atomic E-state index is -0.0498. The van der Waals surface area contributed by atoms with E-state index >= 15 is 0 Å². The number of aromatic nitrogens is 2. The molecule has 1 aliphatic heterocycles. The quantitative estimate of drug-likeness (QED) is 0.543. The lowest BCUT2D eigenvalue weighted by molar-refractivity contribution is 0.0802. The molecule has 0 radical (unpaired) electrons. The molecule has 0 spiro atoms. The number of thioether (sulfide) groups is 1. The van der Waals surface area contributed by atoms with Gasteiger partial charge in [-0.2, -0.15) is 10.5 Å². The Morgan fingerprint density at radius 2 is 1.94 bits per heavy atom. The Hall–Kier alpha value is -3.04. The molecule has 1 atom stereocenters. The van der Waals surface area contributed by atoms with Crippen molar-refractivity contribution in [2.24, 2.45) is 0 Å². The van der Waals surface area contributed by atoms with Gasteiger partial charge in [-0.15, -0.1) is 0 Å². The lowest BCUT2D eigenvalue weighted by Crippen LogP contribution is -2.19. The minimum absolute atomic E-state index is 0.0498. The highest BCUT2D eigenvalue weighted by Crippen LogP contribution is 2.37. The highest BCUT2D eigenvalue weighted by molar-refractivity contribution is 7.98. The Labute approximate surface area is 188 Å². The summed E-state index contributed by atoms with van der Waals surface area (Å²) in [4.78, 5) is 8.85. The summed E-state index contributed by atoms with van der Waals surface area (Å²) in [6, 6.07) is 11.6. The van der Waals surface area contributed by atoms with E-state index in [4.69, 9.17) is 26.5 Å². The molecule has 0 saturated carbocycles. The second kappa shape index (κ2) is 9.40. The first kappa shape index (κ1) is 21.2. The monoisotopic (exact) mass is 451 g/mol. The Bertz CT molecular complexity index is 1170. The standard InChI is InChI=1S/C22H18ClN5O2S/c23-15-5-3-13(4-6-15)21-27-16(11-30-21)12-31-22-18(9-25)19(14-2-1-7-29-10-14)17(8-24)20(26)28-22/h3-6,11,14H,1-2,7,10,12H2,(H2,26,28). The number of pyridine rings is 1. The van der Waals surface area contributed by atoms with Gasteiger partial charge in [0.05, 0.1) is 23.4 Å². The Morgan fingerprint density at radius 3 is 2.61 bits per heavy atom. The molecule has 3 heterocycles. The molecule has 1 fully saturated rings. The van der Waals surface area contributed by atoms with E-state index in [1.807, 2.05) is 12.1 Å². The molecule has 0 aliphatic carbocycles. The predicted octanol–water partition coefficient (Wildman–Crippen LogP) is 4.90. The number of nitriles is 2. The van der Waals surface area contributed by atoms with Crippen molar-refractivity contribution < 1.29 is 9.15 Å². The van der Waals surface area contributed by atoms with Gasteiger partial charge in [0.1, 0.15) is 29.2 Å². The summed E-state index contributed by atoms with van der Waals surface area (Å²) in [6.45, 7) is 1.15. The lowest BCUT2D eigenvalue weighted by Gasteiger charge is -2.25. The molecule has 3 aromatic rings. The van der Waals surface area contributed by atoms with E-state index in [0.29, 0.717) is 51.7 Å². The van der Waals surface area contributed by atoms with Crippen LogP contribution in [-0.4, -0.2) is 23.2 Å². The average molecular weight is 452 g/mol. The van der Waals surface area contributed by atoms with E-state index in [2.05, 4.69) is 22.1 Å². The van der Waals surface area contributed by atoms with Crippen molar-refractivity contribution in [2.75, 3.05) is 18.9 Å². The van der Waals surface area contributed by atoms with Crippen LogP contribution in [0.2, 0.25) is 5.02 Å². The van der Waals surface area contributed by atoms with Gasteiger partial charge in [0, 0.05) is 28.9 Å². The fourth-order valence-electron chi connectivity index (χ4n) is 3.55. The number of anilines is 1. The van der Waals surface area contributed by atoms with Crippen molar-refractivity contribution in [1.29, 1.82) is 10.5 Å². The smallest absolute Gasteiger partial charge is 0.226 e. The molecule has 0 bridgehead atoms. The topological polar surface area (TPSA) is 122 Å². The highest BCUT2D eigenvalue weighted by atomic mass is 35.5. The fourth-order valence-corrected chi connectivity index (χ4v) is 4.55. The van der Waals surface area contributed by atoms with Crippen molar-refractivity contribution in [3.05, 3.63) is 57.9 Å². The highest BCUT2D eigenvalue weighted by Gasteiger charge is 2.27. The SMILES string of the molecule is N#Cc1c(N)nc(SCc2coc(-c3ccc(Cl)cc3)n2)c(C#N)c1C1CCCOC1. The summed E-state index contributed by atoms with van der Waals surface area (Å²) in [7, 11) is 0. The van der Waals surface area contributed by atoms with E-state index in [9.17, 15) is 10.5 Å². The van der Waals surface area contributed by atoms with Gasteiger partial charge in [-0.25, -0.2) is 9.97 Å². The first-order valence-electron chi connectivity index (χ1n) is 9.65. The summed E-state index contributed by atoms with van der Waals surface area (Å²) >= 11 is 7.27.